The van der Waals surface area contributed by atoms with Crippen molar-refractivity contribution in [3.05, 3.63) is 66.9 Å². The van der Waals surface area contributed by atoms with E-state index in [2.05, 4.69) is 15.9 Å². The summed E-state index contributed by atoms with van der Waals surface area (Å²) < 4.78 is 5.96. The zero-order valence-corrected chi connectivity index (χ0v) is 18.4. The molecular formula is C19H12BrCl2NO5S. The van der Waals surface area contributed by atoms with E-state index in [0.29, 0.717) is 25.6 Å². The van der Waals surface area contributed by atoms with Crippen LogP contribution >= 0.6 is 50.9 Å². The number of carbonyl (C=O) groups is 3. The molecule has 2 amide bonds. The second kappa shape index (κ2) is 9.21. The number of amides is 2. The molecule has 0 aliphatic carbocycles. The molecular weight excluding hydrogens is 505 g/mol. The Hall–Kier alpha value is -2.00. The van der Waals surface area contributed by atoms with E-state index in [1.165, 1.54) is 6.08 Å². The largest absolute Gasteiger partial charge is 0.481 e. The van der Waals surface area contributed by atoms with Crippen LogP contribution in [0.4, 0.5) is 4.79 Å². The second-order valence-electron chi connectivity index (χ2n) is 5.83. The van der Waals surface area contributed by atoms with E-state index in [0.717, 1.165) is 16.7 Å². The quantitative estimate of drug-likeness (QED) is 0.513. The van der Waals surface area contributed by atoms with Crippen molar-refractivity contribution >= 4 is 74.1 Å². The Labute approximate surface area is 188 Å². The molecule has 0 atom stereocenters. The van der Waals surface area contributed by atoms with Crippen LogP contribution in [0, 0.1) is 0 Å². The van der Waals surface area contributed by atoms with Crippen LogP contribution in [0.2, 0.25) is 10.0 Å². The van der Waals surface area contributed by atoms with E-state index in [-0.39, 0.29) is 17.2 Å². The first-order valence-corrected chi connectivity index (χ1v) is 10.4. The van der Waals surface area contributed by atoms with Crippen LogP contribution in [-0.4, -0.2) is 33.7 Å². The van der Waals surface area contributed by atoms with Gasteiger partial charge < -0.3 is 9.84 Å². The third-order valence-corrected chi connectivity index (χ3v) is 5.97. The molecule has 0 bridgehead atoms. The summed E-state index contributed by atoms with van der Waals surface area (Å²) in [6.45, 7) is -0.587. The second-order valence-corrected chi connectivity index (χ2v) is 8.56. The minimum absolute atomic E-state index is 0.0542. The third kappa shape index (κ3) is 5.14. The maximum atomic E-state index is 12.8. The molecule has 1 aliphatic rings. The van der Waals surface area contributed by atoms with E-state index in [9.17, 15) is 14.4 Å². The molecule has 3 rings (SSSR count). The van der Waals surface area contributed by atoms with Crippen molar-refractivity contribution in [1.82, 2.24) is 4.90 Å². The molecule has 10 heteroatoms. The van der Waals surface area contributed by atoms with E-state index in [1.807, 2.05) is 0 Å². The Morgan fingerprint density at radius 2 is 1.90 bits per heavy atom. The maximum absolute atomic E-state index is 12.8. The summed E-state index contributed by atoms with van der Waals surface area (Å²) in [5, 5.41) is 9.08. The number of carboxylic acids is 1. The molecule has 0 spiro atoms. The normalized spacial score (nSPS) is 15.3. The van der Waals surface area contributed by atoms with Crippen molar-refractivity contribution in [1.29, 1.82) is 0 Å². The van der Waals surface area contributed by atoms with Crippen LogP contribution in [0.3, 0.4) is 0 Å². The van der Waals surface area contributed by atoms with Gasteiger partial charge in [0.15, 0.2) is 6.61 Å². The maximum Gasteiger partial charge on any atom is 0.341 e. The smallest absolute Gasteiger partial charge is 0.341 e. The zero-order chi connectivity index (χ0) is 21.1. The van der Waals surface area contributed by atoms with Crippen LogP contribution in [0.25, 0.3) is 6.08 Å². The number of hydrogen-bond donors (Lipinski definition) is 1. The number of imide groups is 1. The van der Waals surface area contributed by atoms with E-state index >= 15 is 0 Å². The van der Waals surface area contributed by atoms with Crippen molar-refractivity contribution in [2.24, 2.45) is 0 Å². The fourth-order valence-electron chi connectivity index (χ4n) is 2.52. The Balaban J connectivity index is 1.89. The van der Waals surface area contributed by atoms with E-state index < -0.39 is 23.7 Å². The number of ether oxygens (including phenoxy) is 1. The van der Waals surface area contributed by atoms with Crippen molar-refractivity contribution in [2.45, 2.75) is 6.54 Å². The fraction of sp³-hybridized carbons (Fsp3) is 0.105. The van der Waals surface area contributed by atoms with Gasteiger partial charge in [-0.05, 0) is 48.2 Å². The monoisotopic (exact) mass is 515 g/mol. The standard InChI is InChI=1S/C19H12BrCl2NO5S/c20-11-4-5-15(28-9-17(24)25)10(6-11)7-16-18(26)23(19(27)29-16)8-12-13(21)2-1-3-14(12)22/h1-7H,8-9H2,(H,24,25)/b16-7+. The first-order valence-electron chi connectivity index (χ1n) is 8.08. The number of benzene rings is 2. The minimum atomic E-state index is -1.13. The average molecular weight is 517 g/mol. The van der Waals surface area contributed by atoms with Crippen molar-refractivity contribution in [3.8, 4) is 5.75 Å². The number of thioether (sulfide) groups is 1. The van der Waals surface area contributed by atoms with E-state index in [4.69, 9.17) is 33.0 Å². The fourth-order valence-corrected chi connectivity index (χ4v) is 4.25. The van der Waals surface area contributed by atoms with E-state index in [1.54, 1.807) is 36.4 Å². The highest BCUT2D eigenvalue weighted by molar-refractivity contribution is 9.10. The summed E-state index contributed by atoms with van der Waals surface area (Å²) in [6.07, 6.45) is 1.49. The first-order chi connectivity index (χ1) is 13.8. The molecule has 150 valence electrons. The van der Waals surface area contributed by atoms with Crippen LogP contribution in [-0.2, 0) is 16.1 Å². The Morgan fingerprint density at radius 3 is 2.55 bits per heavy atom. The van der Waals surface area contributed by atoms with Gasteiger partial charge in [-0.2, -0.15) is 0 Å². The summed E-state index contributed by atoms with van der Waals surface area (Å²) in [5.41, 5.74) is 0.939. The number of aliphatic carboxylic acids is 1. The zero-order valence-electron chi connectivity index (χ0n) is 14.5. The Bertz CT molecular complexity index is 1020. The van der Waals surface area contributed by atoms with Gasteiger partial charge in [-0.25, -0.2) is 4.79 Å². The van der Waals surface area contributed by atoms with Gasteiger partial charge in [0.1, 0.15) is 5.75 Å². The van der Waals surface area contributed by atoms with Crippen LogP contribution in [0.5, 0.6) is 5.75 Å². The van der Waals surface area contributed by atoms with Crippen LogP contribution in [0.15, 0.2) is 45.8 Å². The van der Waals surface area contributed by atoms with Gasteiger partial charge in [0.2, 0.25) is 0 Å². The lowest BCUT2D eigenvalue weighted by molar-refractivity contribution is -0.139. The molecule has 1 fully saturated rings. The first kappa shape index (κ1) is 21.7. The number of nitrogens with zero attached hydrogens (tertiary/aromatic N) is 1. The summed E-state index contributed by atoms with van der Waals surface area (Å²) in [6, 6.07) is 9.85. The summed E-state index contributed by atoms with van der Waals surface area (Å²) in [7, 11) is 0. The molecule has 1 heterocycles. The van der Waals surface area contributed by atoms with Crippen molar-refractivity contribution in [3.63, 3.8) is 0 Å². The van der Waals surface area contributed by atoms with Crippen molar-refractivity contribution in [2.75, 3.05) is 6.61 Å². The predicted octanol–water partition coefficient (Wildman–Crippen LogP) is 5.46. The van der Waals surface area contributed by atoms with Gasteiger partial charge in [0.25, 0.3) is 11.1 Å². The summed E-state index contributed by atoms with van der Waals surface area (Å²) >= 11 is 16.4. The number of carboxylic acid groups (broad SMARTS) is 1. The van der Waals surface area contributed by atoms with Crippen LogP contribution < -0.4 is 4.74 Å². The lowest BCUT2D eigenvalue weighted by Crippen LogP contribution is -2.27. The molecule has 2 aromatic rings. The molecule has 1 saturated heterocycles. The molecule has 0 radical (unpaired) electrons. The average Bonchev–Trinajstić information content (AvgIpc) is 2.91. The molecule has 1 N–H and O–H groups in total. The van der Waals surface area contributed by atoms with Gasteiger partial charge in [-0.3, -0.25) is 14.5 Å². The SMILES string of the molecule is O=C(O)COc1ccc(Br)cc1/C=C1/SC(=O)N(Cc2c(Cl)cccc2Cl)C1=O. The molecule has 29 heavy (non-hydrogen) atoms. The summed E-state index contributed by atoms with van der Waals surface area (Å²) in [4.78, 5) is 37.2. The number of rotatable bonds is 6. The predicted molar refractivity (Wildman–Crippen MR) is 115 cm³/mol. The minimum Gasteiger partial charge on any atom is -0.481 e. The highest BCUT2D eigenvalue weighted by Crippen LogP contribution is 2.37. The number of halogens is 3. The molecule has 2 aromatic carbocycles. The molecule has 0 aromatic heterocycles. The Kier molecular flexibility index (Phi) is 6.89. The highest BCUT2D eigenvalue weighted by atomic mass is 79.9. The van der Waals surface area contributed by atoms with Crippen molar-refractivity contribution < 1.29 is 24.2 Å². The molecule has 6 nitrogen and oxygen atoms in total. The number of carbonyl (C=O) groups excluding carboxylic acids is 2. The van der Waals surface area contributed by atoms with Gasteiger partial charge in [-0.1, -0.05) is 45.2 Å². The molecule has 0 unspecified atom stereocenters. The number of hydrogen-bond acceptors (Lipinski definition) is 5. The Morgan fingerprint density at radius 1 is 1.21 bits per heavy atom. The van der Waals surface area contributed by atoms with Gasteiger partial charge >= 0.3 is 5.97 Å². The van der Waals surface area contributed by atoms with Gasteiger partial charge in [-0.15, -0.1) is 0 Å². The molecule has 1 aliphatic heterocycles. The lowest BCUT2D eigenvalue weighted by atomic mass is 10.1. The third-order valence-electron chi connectivity index (χ3n) is 3.86. The topological polar surface area (TPSA) is 83.9 Å². The van der Waals surface area contributed by atoms with Crippen LogP contribution in [0.1, 0.15) is 11.1 Å². The molecule has 0 saturated carbocycles. The lowest BCUT2D eigenvalue weighted by Gasteiger charge is -2.14. The van der Waals surface area contributed by atoms with Gasteiger partial charge in [0.05, 0.1) is 11.4 Å². The van der Waals surface area contributed by atoms with Gasteiger partial charge in [0, 0.05) is 25.6 Å². The highest BCUT2D eigenvalue weighted by Gasteiger charge is 2.36. The summed E-state index contributed by atoms with van der Waals surface area (Å²) in [5.74, 6) is -1.35.